The quantitative estimate of drug-likeness (QED) is 0.111. The topological polar surface area (TPSA) is 35.5 Å². The van der Waals surface area contributed by atoms with E-state index in [1.165, 1.54) is 41.4 Å². The van der Waals surface area contributed by atoms with Gasteiger partial charge in [-0.25, -0.2) is 4.79 Å². The maximum absolute atomic E-state index is 11.6. The summed E-state index contributed by atoms with van der Waals surface area (Å²) in [6.07, 6.45) is 22.3. The average molecular weight is 469 g/mol. The van der Waals surface area contributed by atoms with Crippen molar-refractivity contribution in [3.8, 4) is 0 Å². The summed E-state index contributed by atoms with van der Waals surface area (Å²) >= 11 is 0. The average Bonchev–Trinajstić information content (AvgIpc) is 2.81. The molecule has 0 saturated carbocycles. The summed E-state index contributed by atoms with van der Waals surface area (Å²) in [7, 11) is 1.38. The number of allylic oxidation sites excluding steroid dienone is 9. The fourth-order valence-electron chi connectivity index (χ4n) is 3.98. The smallest absolute Gasteiger partial charge is 0.335 e. The van der Waals surface area contributed by atoms with Crippen LogP contribution in [0.15, 0.2) is 70.4 Å². The lowest BCUT2D eigenvalue weighted by atomic mass is 9.98. The summed E-state index contributed by atoms with van der Waals surface area (Å²) in [6, 6.07) is 0. The number of ether oxygens (including phenoxy) is 2. The van der Waals surface area contributed by atoms with Gasteiger partial charge in [-0.15, -0.1) is 0 Å². The van der Waals surface area contributed by atoms with Crippen LogP contribution in [0.4, 0.5) is 0 Å². The van der Waals surface area contributed by atoms with Crippen molar-refractivity contribution in [1.29, 1.82) is 0 Å². The first-order chi connectivity index (χ1) is 16.2. The second kappa shape index (κ2) is 17.3. The van der Waals surface area contributed by atoms with Gasteiger partial charge in [-0.3, -0.25) is 0 Å². The van der Waals surface area contributed by atoms with E-state index in [4.69, 9.17) is 9.47 Å². The fraction of sp³-hybridized carbons (Fsp3) is 0.581. The van der Waals surface area contributed by atoms with Crippen molar-refractivity contribution >= 4 is 5.97 Å². The van der Waals surface area contributed by atoms with E-state index >= 15 is 0 Å². The Morgan fingerprint density at radius 2 is 1.41 bits per heavy atom. The molecule has 190 valence electrons. The second-order valence-corrected chi connectivity index (χ2v) is 9.84. The zero-order chi connectivity index (χ0) is 25.3. The lowest BCUT2D eigenvalue weighted by molar-refractivity contribution is -0.137. The van der Waals surface area contributed by atoms with Crippen molar-refractivity contribution in [2.45, 2.75) is 105 Å². The number of rotatable bonds is 14. The Bertz CT molecular complexity index is 791. The van der Waals surface area contributed by atoms with Crippen LogP contribution in [0.25, 0.3) is 0 Å². The van der Waals surface area contributed by atoms with Gasteiger partial charge >= 0.3 is 5.97 Å². The molecule has 1 rings (SSSR count). The lowest BCUT2D eigenvalue weighted by Gasteiger charge is -2.25. The molecule has 1 fully saturated rings. The molecule has 0 spiro atoms. The van der Waals surface area contributed by atoms with Crippen LogP contribution in [0, 0.1) is 0 Å². The third kappa shape index (κ3) is 13.5. The Morgan fingerprint density at radius 1 is 0.882 bits per heavy atom. The predicted octanol–water partition coefficient (Wildman–Crippen LogP) is 8.75. The summed E-state index contributed by atoms with van der Waals surface area (Å²) in [4.78, 5) is 11.6. The van der Waals surface area contributed by atoms with Crippen molar-refractivity contribution in [2.24, 2.45) is 0 Å². The zero-order valence-electron chi connectivity index (χ0n) is 22.7. The number of methoxy groups -OCH3 is 1. The first-order valence-corrected chi connectivity index (χ1v) is 12.9. The highest BCUT2D eigenvalue weighted by Gasteiger charge is 2.24. The SMILES string of the molecule is C=C(C(=O)OC)C1CC/C(=C\CC/C(C)=C/CC/C=C(\C)CC/C=C(\C)CCC=C(C)C)CO1. The van der Waals surface area contributed by atoms with E-state index in [2.05, 4.69) is 71.6 Å². The minimum atomic E-state index is -0.374. The monoisotopic (exact) mass is 468 g/mol. The zero-order valence-corrected chi connectivity index (χ0v) is 22.7. The number of esters is 1. The van der Waals surface area contributed by atoms with E-state index in [-0.39, 0.29) is 12.1 Å². The molecule has 0 aromatic heterocycles. The van der Waals surface area contributed by atoms with Crippen molar-refractivity contribution in [3.63, 3.8) is 0 Å². The molecule has 0 bridgehead atoms. The van der Waals surface area contributed by atoms with E-state index < -0.39 is 0 Å². The summed E-state index contributed by atoms with van der Waals surface area (Å²) in [5, 5.41) is 0. The summed E-state index contributed by atoms with van der Waals surface area (Å²) in [6.45, 7) is 15.5. The lowest BCUT2D eigenvalue weighted by Crippen LogP contribution is -2.26. The van der Waals surface area contributed by atoms with Crippen LogP contribution >= 0.6 is 0 Å². The number of hydrogen-bond acceptors (Lipinski definition) is 3. The molecule has 0 aliphatic carbocycles. The fourth-order valence-corrected chi connectivity index (χ4v) is 3.98. The highest BCUT2D eigenvalue weighted by atomic mass is 16.5. The van der Waals surface area contributed by atoms with E-state index in [0.717, 1.165) is 57.8 Å². The Balaban J connectivity index is 2.24. The van der Waals surface area contributed by atoms with E-state index in [9.17, 15) is 4.79 Å². The van der Waals surface area contributed by atoms with Crippen LogP contribution in [-0.2, 0) is 14.3 Å². The van der Waals surface area contributed by atoms with Crippen molar-refractivity contribution < 1.29 is 14.3 Å². The molecule has 0 aromatic carbocycles. The van der Waals surface area contributed by atoms with Crippen LogP contribution in [0.3, 0.4) is 0 Å². The van der Waals surface area contributed by atoms with Gasteiger partial charge in [0.25, 0.3) is 0 Å². The molecule has 34 heavy (non-hydrogen) atoms. The maximum Gasteiger partial charge on any atom is 0.335 e. The van der Waals surface area contributed by atoms with E-state index in [0.29, 0.717) is 12.2 Å². The normalized spacial score (nSPS) is 18.7. The molecule has 1 aliphatic heterocycles. The Labute approximate surface area is 209 Å². The first-order valence-electron chi connectivity index (χ1n) is 12.9. The minimum Gasteiger partial charge on any atom is -0.466 e. The molecule has 0 aromatic rings. The highest BCUT2D eigenvalue weighted by molar-refractivity contribution is 5.88. The molecule has 0 amide bonds. The third-order valence-electron chi connectivity index (χ3n) is 6.28. The molecule has 1 aliphatic rings. The van der Waals surface area contributed by atoms with Gasteiger partial charge in [0.15, 0.2) is 0 Å². The van der Waals surface area contributed by atoms with Gasteiger partial charge in [0.1, 0.15) is 0 Å². The van der Waals surface area contributed by atoms with Gasteiger partial charge in [0.05, 0.1) is 25.4 Å². The van der Waals surface area contributed by atoms with Crippen LogP contribution in [0.5, 0.6) is 0 Å². The Morgan fingerprint density at radius 3 is 1.91 bits per heavy atom. The van der Waals surface area contributed by atoms with Crippen LogP contribution < -0.4 is 0 Å². The van der Waals surface area contributed by atoms with Crippen molar-refractivity contribution in [1.82, 2.24) is 0 Å². The Hall–Kier alpha value is -2.13. The van der Waals surface area contributed by atoms with Crippen LogP contribution in [-0.4, -0.2) is 25.8 Å². The molecule has 3 heteroatoms. The molecule has 3 nitrogen and oxygen atoms in total. The standard InChI is InChI=1S/C31H48O3/c1-24(2)13-10-16-27(5)18-11-17-25(3)14-8-9-15-26(4)19-12-20-29-21-22-30(34-23-29)28(6)31(32)33-7/h13-15,18,20,30H,6,8-12,16-17,19,21-23H2,1-5,7H3/b25-14+,26-15+,27-18+,29-20+. The van der Waals surface area contributed by atoms with Gasteiger partial charge in [-0.2, -0.15) is 0 Å². The molecule has 0 radical (unpaired) electrons. The number of hydrogen-bond donors (Lipinski definition) is 0. The number of unbranched alkanes of at least 4 members (excludes halogenated alkanes) is 1. The first kappa shape index (κ1) is 29.9. The highest BCUT2D eigenvalue weighted by Crippen LogP contribution is 2.24. The van der Waals surface area contributed by atoms with Crippen molar-refractivity contribution in [3.05, 3.63) is 70.4 Å². The maximum atomic E-state index is 11.6. The second-order valence-electron chi connectivity index (χ2n) is 9.84. The number of carbonyl (C=O) groups is 1. The molecule has 1 unspecified atom stereocenters. The minimum absolute atomic E-state index is 0.213. The summed E-state index contributed by atoms with van der Waals surface area (Å²) < 4.78 is 10.5. The molecular formula is C31H48O3. The Kier molecular flexibility index (Phi) is 15.2. The van der Waals surface area contributed by atoms with Crippen molar-refractivity contribution in [2.75, 3.05) is 13.7 Å². The third-order valence-corrected chi connectivity index (χ3v) is 6.28. The number of carbonyl (C=O) groups excluding carboxylic acids is 1. The predicted molar refractivity (Wildman–Crippen MR) is 146 cm³/mol. The largest absolute Gasteiger partial charge is 0.466 e. The van der Waals surface area contributed by atoms with Gasteiger partial charge in [0.2, 0.25) is 0 Å². The molecule has 1 saturated heterocycles. The van der Waals surface area contributed by atoms with E-state index in [1.807, 2.05) is 0 Å². The van der Waals surface area contributed by atoms with E-state index in [1.54, 1.807) is 0 Å². The molecule has 0 N–H and O–H groups in total. The van der Waals surface area contributed by atoms with Gasteiger partial charge in [0, 0.05) is 0 Å². The molecular weight excluding hydrogens is 420 g/mol. The molecule has 1 atom stereocenters. The van der Waals surface area contributed by atoms with Gasteiger partial charge in [-0.1, -0.05) is 59.3 Å². The van der Waals surface area contributed by atoms with Crippen LogP contribution in [0.2, 0.25) is 0 Å². The van der Waals surface area contributed by atoms with Gasteiger partial charge < -0.3 is 9.47 Å². The molecule has 1 heterocycles. The van der Waals surface area contributed by atoms with Gasteiger partial charge in [-0.05, 0) is 104 Å². The van der Waals surface area contributed by atoms with Crippen LogP contribution in [0.1, 0.15) is 98.8 Å². The summed E-state index contributed by atoms with van der Waals surface area (Å²) in [5.74, 6) is -0.374. The summed E-state index contributed by atoms with van der Waals surface area (Å²) in [5.41, 5.74) is 7.60.